The Bertz CT molecular complexity index is 972. The number of amides is 1. The molecule has 2 heterocycles. The number of benzene rings is 1. The number of aliphatic imine (C=N–C) groups is 1. The summed E-state index contributed by atoms with van der Waals surface area (Å²) in [6, 6.07) is 2.75. The number of alkyl halides is 4. The normalized spacial score (nSPS) is 23.6. The Balaban J connectivity index is 1.90. The highest BCUT2D eigenvalue weighted by atomic mass is 19.3. The third-order valence-corrected chi connectivity index (χ3v) is 4.53. The number of nitrogens with two attached hydrogens (primary N) is 1. The van der Waals surface area contributed by atoms with Gasteiger partial charge in [-0.1, -0.05) is 0 Å². The summed E-state index contributed by atoms with van der Waals surface area (Å²) in [6.45, 7) is 0.00651. The van der Waals surface area contributed by atoms with Gasteiger partial charge < -0.3 is 15.8 Å². The van der Waals surface area contributed by atoms with Crippen molar-refractivity contribution in [2.75, 3.05) is 12.0 Å². The largest absolute Gasteiger partial charge is 0.456 e. The van der Waals surface area contributed by atoms with Gasteiger partial charge in [0.25, 0.3) is 18.4 Å². The standard InChI is InChI=1S/C18H16F5N5O2/c1-18(14(21)13(5-19)30-17(24)28-18)9-4-8(2-3-10(9)20)27-16(29)12-7-25-11(6-26-12)15(22)23/h2-4,6-7,13-15H,5H2,1H3,(H2,24,28)(H,27,29)/t13-,14+,18-/m1/s1. The fraction of sp³-hybridized carbons (Fsp3) is 0.333. The Labute approximate surface area is 167 Å². The summed E-state index contributed by atoms with van der Waals surface area (Å²) in [4.78, 5) is 23.1. The van der Waals surface area contributed by atoms with Crippen LogP contribution in [-0.2, 0) is 10.3 Å². The molecule has 0 saturated heterocycles. The molecular weight excluding hydrogens is 413 g/mol. The Morgan fingerprint density at radius 3 is 2.67 bits per heavy atom. The number of carbonyl (C=O) groups is 1. The van der Waals surface area contributed by atoms with Crippen LogP contribution in [0, 0.1) is 5.82 Å². The maximum atomic E-state index is 14.8. The van der Waals surface area contributed by atoms with Crippen LogP contribution < -0.4 is 11.1 Å². The van der Waals surface area contributed by atoms with E-state index in [1.807, 2.05) is 0 Å². The third kappa shape index (κ3) is 4.02. The quantitative estimate of drug-likeness (QED) is 0.712. The molecule has 0 saturated carbocycles. The molecule has 7 nitrogen and oxygen atoms in total. The molecule has 3 atom stereocenters. The Morgan fingerprint density at radius 2 is 2.07 bits per heavy atom. The van der Waals surface area contributed by atoms with Crippen LogP contribution in [0.4, 0.5) is 27.6 Å². The minimum atomic E-state index is -2.84. The molecule has 3 N–H and O–H groups in total. The number of carbonyl (C=O) groups excluding carboxylic acids is 1. The van der Waals surface area contributed by atoms with Crippen molar-refractivity contribution in [3.63, 3.8) is 0 Å². The lowest BCUT2D eigenvalue weighted by Crippen LogP contribution is -2.50. The summed E-state index contributed by atoms with van der Waals surface area (Å²) in [5.41, 5.74) is 2.43. The van der Waals surface area contributed by atoms with Crippen LogP contribution in [0.15, 0.2) is 35.6 Å². The van der Waals surface area contributed by atoms with E-state index in [-0.39, 0.29) is 16.9 Å². The molecule has 1 amide bonds. The second-order valence-corrected chi connectivity index (χ2v) is 6.59. The van der Waals surface area contributed by atoms with Crippen molar-refractivity contribution in [1.29, 1.82) is 0 Å². The second kappa shape index (κ2) is 8.20. The van der Waals surface area contributed by atoms with E-state index < -0.39 is 54.4 Å². The molecule has 0 unspecified atom stereocenters. The summed E-state index contributed by atoms with van der Waals surface area (Å²) in [6.07, 6.45) is -4.88. The zero-order valence-electron chi connectivity index (χ0n) is 15.5. The fourth-order valence-electron chi connectivity index (χ4n) is 2.97. The molecule has 1 aromatic carbocycles. The van der Waals surface area contributed by atoms with Gasteiger partial charge >= 0.3 is 0 Å². The summed E-state index contributed by atoms with van der Waals surface area (Å²) in [5.74, 6) is -1.69. The van der Waals surface area contributed by atoms with Gasteiger partial charge in [0.1, 0.15) is 29.4 Å². The number of halogens is 5. The van der Waals surface area contributed by atoms with E-state index in [1.54, 1.807) is 0 Å². The van der Waals surface area contributed by atoms with Crippen LogP contribution in [0.25, 0.3) is 0 Å². The first-order valence-electron chi connectivity index (χ1n) is 8.59. The van der Waals surface area contributed by atoms with Gasteiger partial charge in [-0.15, -0.1) is 0 Å². The smallest absolute Gasteiger partial charge is 0.283 e. The number of hydrogen-bond acceptors (Lipinski definition) is 6. The first-order chi connectivity index (χ1) is 14.2. The van der Waals surface area contributed by atoms with Crippen molar-refractivity contribution in [2.45, 2.75) is 31.2 Å². The molecule has 160 valence electrons. The predicted molar refractivity (Wildman–Crippen MR) is 96.1 cm³/mol. The average molecular weight is 429 g/mol. The molecule has 1 aliphatic heterocycles. The van der Waals surface area contributed by atoms with Crippen molar-refractivity contribution >= 4 is 17.6 Å². The van der Waals surface area contributed by atoms with Crippen molar-refractivity contribution in [3.05, 3.63) is 53.4 Å². The predicted octanol–water partition coefficient (Wildman–Crippen LogP) is 3.04. The van der Waals surface area contributed by atoms with Crippen LogP contribution >= 0.6 is 0 Å². The van der Waals surface area contributed by atoms with E-state index in [0.717, 1.165) is 24.5 Å². The zero-order valence-corrected chi connectivity index (χ0v) is 15.5. The first kappa shape index (κ1) is 21.4. The molecule has 0 spiro atoms. The topological polar surface area (TPSA) is 102 Å². The van der Waals surface area contributed by atoms with Gasteiger partial charge in [0.05, 0.1) is 12.4 Å². The Morgan fingerprint density at radius 1 is 1.33 bits per heavy atom. The Kier molecular flexibility index (Phi) is 5.85. The van der Waals surface area contributed by atoms with E-state index >= 15 is 0 Å². The van der Waals surface area contributed by atoms with Crippen LogP contribution in [0.1, 0.15) is 35.1 Å². The number of hydrogen-bond donors (Lipinski definition) is 2. The van der Waals surface area contributed by atoms with Crippen LogP contribution in [0.5, 0.6) is 0 Å². The third-order valence-electron chi connectivity index (χ3n) is 4.53. The van der Waals surface area contributed by atoms with Crippen molar-refractivity contribution in [1.82, 2.24) is 9.97 Å². The van der Waals surface area contributed by atoms with Crippen LogP contribution in [-0.4, -0.2) is 40.8 Å². The number of nitrogens with zero attached hydrogens (tertiary/aromatic N) is 3. The minimum Gasteiger partial charge on any atom is -0.456 e. The van der Waals surface area contributed by atoms with Gasteiger partial charge in [0.15, 0.2) is 12.3 Å². The van der Waals surface area contributed by atoms with E-state index in [1.165, 1.54) is 13.0 Å². The summed E-state index contributed by atoms with van der Waals surface area (Å²) >= 11 is 0. The average Bonchev–Trinajstić information content (AvgIpc) is 2.72. The number of ether oxygens (including phenoxy) is 1. The minimum absolute atomic E-state index is 0.0293. The molecule has 2 aromatic rings. The highest BCUT2D eigenvalue weighted by Crippen LogP contribution is 2.39. The monoisotopic (exact) mass is 429 g/mol. The maximum Gasteiger partial charge on any atom is 0.283 e. The summed E-state index contributed by atoms with van der Waals surface area (Å²) < 4.78 is 72.3. The summed E-state index contributed by atoms with van der Waals surface area (Å²) in [5, 5.41) is 2.38. The maximum absolute atomic E-state index is 14.8. The molecule has 0 fully saturated rings. The van der Waals surface area contributed by atoms with Gasteiger partial charge in [-0.2, -0.15) is 0 Å². The van der Waals surface area contributed by atoms with E-state index in [2.05, 4.69) is 20.3 Å². The number of nitrogens with one attached hydrogen (secondary N) is 1. The van der Waals surface area contributed by atoms with E-state index in [0.29, 0.717) is 0 Å². The SMILES string of the molecule is C[C@]1(c2cc(NC(=O)c3cnc(C(F)F)cn3)ccc2F)N=C(N)O[C@H](CF)[C@@H]1F. The van der Waals surface area contributed by atoms with Gasteiger partial charge in [0, 0.05) is 11.3 Å². The van der Waals surface area contributed by atoms with Crippen LogP contribution in [0.3, 0.4) is 0 Å². The molecule has 0 radical (unpaired) electrons. The van der Waals surface area contributed by atoms with Gasteiger partial charge in [-0.05, 0) is 25.1 Å². The zero-order chi connectivity index (χ0) is 22.1. The molecule has 0 bridgehead atoms. The molecule has 0 aliphatic carbocycles. The van der Waals surface area contributed by atoms with E-state index in [4.69, 9.17) is 10.5 Å². The van der Waals surface area contributed by atoms with Crippen molar-refractivity contribution in [3.8, 4) is 0 Å². The second-order valence-electron chi connectivity index (χ2n) is 6.59. The number of anilines is 1. The highest BCUT2D eigenvalue weighted by molar-refractivity contribution is 6.02. The van der Waals surface area contributed by atoms with Crippen LogP contribution in [0.2, 0.25) is 0 Å². The first-order valence-corrected chi connectivity index (χ1v) is 8.59. The molecule has 3 rings (SSSR count). The van der Waals surface area contributed by atoms with Gasteiger partial charge in [0.2, 0.25) is 0 Å². The lowest BCUT2D eigenvalue weighted by molar-refractivity contribution is 0.00453. The fourth-order valence-corrected chi connectivity index (χ4v) is 2.97. The molecule has 12 heteroatoms. The number of amidine groups is 1. The molecular formula is C18H16F5N5O2. The Hall–Kier alpha value is -3.31. The number of aromatic nitrogens is 2. The summed E-state index contributed by atoms with van der Waals surface area (Å²) in [7, 11) is 0. The van der Waals surface area contributed by atoms with Crippen molar-refractivity contribution in [2.24, 2.45) is 10.7 Å². The number of rotatable bonds is 5. The van der Waals surface area contributed by atoms with Crippen molar-refractivity contribution < 1.29 is 31.5 Å². The highest BCUT2D eigenvalue weighted by Gasteiger charge is 2.48. The molecule has 30 heavy (non-hydrogen) atoms. The van der Waals surface area contributed by atoms with Gasteiger partial charge in [-0.25, -0.2) is 31.9 Å². The molecule has 1 aliphatic rings. The van der Waals surface area contributed by atoms with Gasteiger partial charge in [-0.3, -0.25) is 9.78 Å². The molecule has 1 aromatic heterocycles. The lowest BCUT2D eigenvalue weighted by atomic mass is 9.84. The van der Waals surface area contributed by atoms with E-state index in [9.17, 15) is 26.7 Å². The lowest BCUT2D eigenvalue weighted by Gasteiger charge is -2.37.